The van der Waals surface area contributed by atoms with Crippen LogP contribution >= 0.6 is 27.5 Å². The van der Waals surface area contributed by atoms with E-state index in [0.717, 1.165) is 27.9 Å². The first-order valence-electron chi connectivity index (χ1n) is 5.48. The van der Waals surface area contributed by atoms with Crippen molar-refractivity contribution < 1.29 is 0 Å². The summed E-state index contributed by atoms with van der Waals surface area (Å²) >= 11 is 9.58. The Balaban J connectivity index is 2.78. The molecule has 0 fully saturated rings. The molecule has 0 spiro atoms. The van der Waals surface area contributed by atoms with E-state index in [0.29, 0.717) is 5.92 Å². The van der Waals surface area contributed by atoms with Gasteiger partial charge >= 0.3 is 0 Å². The third-order valence-electron chi connectivity index (χ3n) is 3.00. The molecule has 3 N–H and O–H groups in total. The zero-order valence-electron chi connectivity index (χ0n) is 9.63. The molecule has 1 rings (SSSR count). The van der Waals surface area contributed by atoms with E-state index in [1.54, 1.807) is 0 Å². The van der Waals surface area contributed by atoms with Gasteiger partial charge in [0.1, 0.15) is 0 Å². The Morgan fingerprint density at radius 2 is 2.19 bits per heavy atom. The van der Waals surface area contributed by atoms with Gasteiger partial charge in [0.25, 0.3) is 0 Å². The Kier molecular flexibility index (Phi) is 5.76. The van der Waals surface area contributed by atoms with Crippen LogP contribution in [0.15, 0.2) is 22.7 Å². The van der Waals surface area contributed by atoms with Crippen molar-refractivity contribution in [3.8, 4) is 0 Å². The molecule has 2 nitrogen and oxygen atoms in total. The molecule has 0 aliphatic heterocycles. The fourth-order valence-corrected chi connectivity index (χ4v) is 2.38. The number of benzene rings is 1. The third kappa shape index (κ3) is 3.74. The highest BCUT2D eigenvalue weighted by Gasteiger charge is 2.16. The summed E-state index contributed by atoms with van der Waals surface area (Å²) < 4.78 is 1.00. The molecule has 1 aromatic carbocycles. The van der Waals surface area contributed by atoms with Crippen LogP contribution in [0.25, 0.3) is 0 Å². The van der Waals surface area contributed by atoms with Crippen LogP contribution in [0.5, 0.6) is 0 Å². The maximum Gasteiger partial charge on any atom is 0.0449 e. The van der Waals surface area contributed by atoms with Crippen LogP contribution in [-0.4, -0.2) is 6.04 Å². The highest BCUT2D eigenvalue weighted by atomic mass is 79.9. The maximum atomic E-state index is 6.18. The molecule has 0 radical (unpaired) electrons. The first kappa shape index (κ1) is 14.0. The van der Waals surface area contributed by atoms with Crippen molar-refractivity contribution >= 4 is 27.5 Å². The van der Waals surface area contributed by atoms with Gasteiger partial charge in [-0.05, 0) is 30.0 Å². The molecular formula is C12H18BrClN2. The number of nitrogens with two attached hydrogens (primary N) is 1. The van der Waals surface area contributed by atoms with Gasteiger partial charge in [0, 0.05) is 15.5 Å². The Morgan fingerprint density at radius 1 is 1.50 bits per heavy atom. The number of hydrogen-bond acceptors (Lipinski definition) is 2. The van der Waals surface area contributed by atoms with E-state index < -0.39 is 0 Å². The molecular weight excluding hydrogens is 288 g/mol. The fraction of sp³-hybridized carbons (Fsp3) is 0.500. The first-order valence-corrected chi connectivity index (χ1v) is 6.65. The minimum Gasteiger partial charge on any atom is -0.271 e. The highest BCUT2D eigenvalue weighted by molar-refractivity contribution is 9.10. The summed E-state index contributed by atoms with van der Waals surface area (Å²) in [5.41, 5.74) is 4.01. The molecule has 16 heavy (non-hydrogen) atoms. The van der Waals surface area contributed by atoms with E-state index >= 15 is 0 Å². The Bertz CT molecular complexity index is 344. The van der Waals surface area contributed by atoms with E-state index in [2.05, 4.69) is 35.2 Å². The van der Waals surface area contributed by atoms with Gasteiger partial charge in [-0.2, -0.15) is 0 Å². The molecule has 0 bridgehead atoms. The van der Waals surface area contributed by atoms with E-state index in [1.165, 1.54) is 0 Å². The van der Waals surface area contributed by atoms with Gasteiger partial charge in [0.15, 0.2) is 0 Å². The maximum absolute atomic E-state index is 6.18. The smallest absolute Gasteiger partial charge is 0.0449 e. The summed E-state index contributed by atoms with van der Waals surface area (Å²) in [6.07, 6.45) is 1.96. The summed E-state index contributed by atoms with van der Waals surface area (Å²) in [6, 6.07) is 6.23. The van der Waals surface area contributed by atoms with Crippen LogP contribution in [-0.2, 0) is 6.42 Å². The standard InChI is InChI=1S/C12H18BrClN2/c1-3-8(2)12(16-15)6-9-4-5-10(13)7-11(9)14/h4-5,7-8,12,16H,3,6,15H2,1-2H3. The molecule has 90 valence electrons. The highest BCUT2D eigenvalue weighted by Crippen LogP contribution is 2.24. The van der Waals surface area contributed by atoms with E-state index in [1.807, 2.05) is 18.2 Å². The fourth-order valence-electron chi connectivity index (χ4n) is 1.63. The van der Waals surface area contributed by atoms with E-state index in [4.69, 9.17) is 17.4 Å². The lowest BCUT2D eigenvalue weighted by Crippen LogP contribution is -2.41. The van der Waals surface area contributed by atoms with Gasteiger partial charge in [-0.3, -0.25) is 11.3 Å². The number of hydrazine groups is 1. The Morgan fingerprint density at radius 3 is 2.69 bits per heavy atom. The minimum atomic E-state index is 0.267. The van der Waals surface area contributed by atoms with Gasteiger partial charge in [0.05, 0.1) is 0 Å². The van der Waals surface area contributed by atoms with Crippen molar-refractivity contribution in [2.75, 3.05) is 0 Å². The molecule has 1 aromatic rings. The van der Waals surface area contributed by atoms with Crippen molar-refractivity contribution in [3.63, 3.8) is 0 Å². The zero-order chi connectivity index (χ0) is 12.1. The van der Waals surface area contributed by atoms with Crippen LogP contribution in [0, 0.1) is 5.92 Å². The quantitative estimate of drug-likeness (QED) is 0.645. The lowest BCUT2D eigenvalue weighted by molar-refractivity contribution is 0.370. The SMILES string of the molecule is CCC(C)C(Cc1ccc(Br)cc1Cl)NN. The molecule has 0 aromatic heterocycles. The Labute approximate surface area is 111 Å². The number of hydrogen-bond donors (Lipinski definition) is 2. The summed E-state index contributed by atoms with van der Waals surface area (Å²) in [5.74, 6) is 6.11. The zero-order valence-corrected chi connectivity index (χ0v) is 12.0. The lowest BCUT2D eigenvalue weighted by Gasteiger charge is -2.22. The predicted octanol–water partition coefficient (Wildman–Crippen LogP) is 3.52. The molecule has 0 aliphatic carbocycles. The minimum absolute atomic E-state index is 0.267. The summed E-state index contributed by atoms with van der Waals surface area (Å²) in [4.78, 5) is 0. The predicted molar refractivity (Wildman–Crippen MR) is 73.4 cm³/mol. The average molecular weight is 306 g/mol. The number of nitrogens with one attached hydrogen (secondary N) is 1. The second-order valence-corrected chi connectivity index (χ2v) is 5.42. The van der Waals surface area contributed by atoms with Crippen LogP contribution in [0.3, 0.4) is 0 Å². The van der Waals surface area contributed by atoms with Gasteiger partial charge in [-0.1, -0.05) is 53.9 Å². The van der Waals surface area contributed by atoms with E-state index in [9.17, 15) is 0 Å². The second-order valence-electron chi connectivity index (χ2n) is 4.10. The van der Waals surface area contributed by atoms with Crippen molar-refractivity contribution in [2.24, 2.45) is 11.8 Å². The summed E-state index contributed by atoms with van der Waals surface area (Å²) in [7, 11) is 0. The third-order valence-corrected chi connectivity index (χ3v) is 3.84. The molecule has 4 heteroatoms. The number of halogens is 2. The van der Waals surface area contributed by atoms with Gasteiger partial charge in [0.2, 0.25) is 0 Å². The van der Waals surface area contributed by atoms with Crippen LogP contribution < -0.4 is 11.3 Å². The van der Waals surface area contributed by atoms with Crippen LogP contribution in [0.2, 0.25) is 5.02 Å². The van der Waals surface area contributed by atoms with Gasteiger partial charge in [-0.15, -0.1) is 0 Å². The largest absolute Gasteiger partial charge is 0.271 e. The van der Waals surface area contributed by atoms with Crippen molar-refractivity contribution in [2.45, 2.75) is 32.7 Å². The molecule has 0 amide bonds. The molecule has 0 aliphatic rings. The summed E-state index contributed by atoms with van der Waals surface area (Å²) in [5, 5.41) is 0.790. The van der Waals surface area contributed by atoms with Crippen molar-refractivity contribution in [1.82, 2.24) is 5.43 Å². The van der Waals surface area contributed by atoms with Crippen LogP contribution in [0.1, 0.15) is 25.8 Å². The topological polar surface area (TPSA) is 38.0 Å². The Hall–Kier alpha value is -0.0900. The molecule has 2 atom stereocenters. The van der Waals surface area contributed by atoms with Crippen LogP contribution in [0.4, 0.5) is 0 Å². The summed E-state index contributed by atoms with van der Waals surface area (Å²) in [6.45, 7) is 4.36. The molecule has 2 unspecified atom stereocenters. The normalized spacial score (nSPS) is 14.8. The first-order chi connectivity index (χ1) is 7.58. The van der Waals surface area contributed by atoms with Gasteiger partial charge in [-0.25, -0.2) is 0 Å². The number of rotatable bonds is 5. The molecule has 0 saturated heterocycles. The second kappa shape index (κ2) is 6.60. The van der Waals surface area contributed by atoms with Gasteiger partial charge < -0.3 is 0 Å². The lowest BCUT2D eigenvalue weighted by atomic mass is 9.93. The monoisotopic (exact) mass is 304 g/mol. The van der Waals surface area contributed by atoms with Crippen molar-refractivity contribution in [1.29, 1.82) is 0 Å². The average Bonchev–Trinajstić information content (AvgIpc) is 2.27. The van der Waals surface area contributed by atoms with E-state index in [-0.39, 0.29) is 6.04 Å². The molecule has 0 saturated carbocycles. The van der Waals surface area contributed by atoms with Crippen molar-refractivity contribution in [3.05, 3.63) is 33.3 Å². The molecule has 0 heterocycles.